The summed E-state index contributed by atoms with van der Waals surface area (Å²) in [5, 5.41) is 0. The molecule has 0 rings (SSSR count). The second-order valence-corrected chi connectivity index (χ2v) is 2.24. The Balaban J connectivity index is 4.31. The predicted octanol–water partition coefficient (Wildman–Crippen LogP) is 1.47. The molecule has 0 aliphatic carbocycles. The highest BCUT2D eigenvalue weighted by Crippen LogP contribution is 2.20. The normalized spacial score (nSPS) is 11.6. The van der Waals surface area contributed by atoms with Gasteiger partial charge in [-0.15, -0.1) is 0 Å². The minimum Gasteiger partial charge on any atom is -0.299 e. The minimum atomic E-state index is -2.01. The minimum absolute atomic E-state index is 0.778. The summed E-state index contributed by atoms with van der Waals surface area (Å²) in [7, 11) is 0. The van der Waals surface area contributed by atoms with Gasteiger partial charge in [0.2, 0.25) is 0 Å². The first kappa shape index (κ1) is 9.46. The van der Waals surface area contributed by atoms with Gasteiger partial charge in [-0.25, -0.2) is 13.2 Å². The molecule has 0 N–H and O–H groups in total. The van der Waals surface area contributed by atoms with Crippen molar-refractivity contribution in [2.45, 2.75) is 6.92 Å². The molecule has 0 bridgehead atoms. The van der Waals surface area contributed by atoms with Crippen LogP contribution in [0.25, 0.3) is 0 Å². The van der Waals surface area contributed by atoms with E-state index in [2.05, 4.69) is 0 Å². The van der Waals surface area contributed by atoms with Crippen LogP contribution in [0.2, 0.25) is 0 Å². The van der Waals surface area contributed by atoms with Gasteiger partial charge in [0.1, 0.15) is 31.2 Å². The van der Waals surface area contributed by atoms with Crippen molar-refractivity contribution in [3.05, 3.63) is 0 Å². The molecule has 0 saturated heterocycles. The summed E-state index contributed by atoms with van der Waals surface area (Å²) in [6.45, 7) is -2.82. The SMILES string of the molecule is CC(=O)C(CF)(CF)CF. The van der Waals surface area contributed by atoms with E-state index >= 15 is 0 Å². The standard InChI is InChI=1S/C6H9F3O/c1-5(10)6(2-7,3-8)4-9/h2-4H2,1H3. The molecule has 0 saturated carbocycles. The highest BCUT2D eigenvalue weighted by Gasteiger charge is 2.36. The van der Waals surface area contributed by atoms with Crippen molar-refractivity contribution >= 4 is 5.78 Å². The van der Waals surface area contributed by atoms with Crippen molar-refractivity contribution in [2.24, 2.45) is 5.41 Å². The molecule has 0 aromatic carbocycles. The van der Waals surface area contributed by atoms with Crippen LogP contribution in [-0.4, -0.2) is 25.8 Å². The largest absolute Gasteiger partial charge is 0.299 e. The second kappa shape index (κ2) is 3.58. The molecule has 10 heavy (non-hydrogen) atoms. The maximum absolute atomic E-state index is 11.9. The molecule has 0 aliphatic rings. The third kappa shape index (κ3) is 1.49. The highest BCUT2D eigenvalue weighted by molar-refractivity contribution is 5.82. The van der Waals surface area contributed by atoms with E-state index in [1.165, 1.54) is 0 Å². The average molecular weight is 154 g/mol. The van der Waals surface area contributed by atoms with Crippen LogP contribution >= 0.6 is 0 Å². The zero-order chi connectivity index (χ0) is 8.20. The molecule has 0 atom stereocenters. The number of hydrogen-bond donors (Lipinski definition) is 0. The molecule has 1 nitrogen and oxygen atoms in total. The van der Waals surface area contributed by atoms with Crippen LogP contribution in [0.3, 0.4) is 0 Å². The van der Waals surface area contributed by atoms with Gasteiger partial charge < -0.3 is 0 Å². The monoisotopic (exact) mass is 154 g/mol. The van der Waals surface area contributed by atoms with Crippen LogP contribution in [0.4, 0.5) is 13.2 Å². The Morgan fingerprint density at radius 1 is 1.20 bits per heavy atom. The zero-order valence-corrected chi connectivity index (χ0v) is 5.66. The molecule has 0 fully saturated rings. The molecule has 0 unspecified atom stereocenters. The first-order valence-electron chi connectivity index (χ1n) is 2.82. The van der Waals surface area contributed by atoms with E-state index in [4.69, 9.17) is 0 Å². The highest BCUT2D eigenvalue weighted by atomic mass is 19.1. The summed E-state index contributed by atoms with van der Waals surface area (Å²) >= 11 is 0. The first-order chi connectivity index (χ1) is 4.63. The molecule has 4 heteroatoms. The maximum atomic E-state index is 11.9. The lowest BCUT2D eigenvalue weighted by molar-refractivity contribution is -0.129. The lowest BCUT2D eigenvalue weighted by Crippen LogP contribution is -2.36. The summed E-state index contributed by atoms with van der Waals surface area (Å²) < 4.78 is 35.6. The van der Waals surface area contributed by atoms with E-state index in [-0.39, 0.29) is 0 Å². The molecular formula is C6H9F3O. The molecule has 0 amide bonds. The van der Waals surface area contributed by atoms with Gasteiger partial charge in [-0.2, -0.15) is 0 Å². The Hall–Kier alpha value is -0.540. The Morgan fingerprint density at radius 2 is 1.50 bits per heavy atom. The number of carbonyl (C=O) groups excluding carboxylic acids is 1. The van der Waals surface area contributed by atoms with Crippen LogP contribution in [0.5, 0.6) is 0 Å². The number of carbonyl (C=O) groups is 1. The molecule has 0 aliphatic heterocycles. The Bertz CT molecular complexity index is 112. The molecule has 0 spiro atoms. The van der Waals surface area contributed by atoms with E-state index in [0.717, 1.165) is 6.92 Å². The molecule has 0 aromatic heterocycles. The van der Waals surface area contributed by atoms with Crippen LogP contribution in [0, 0.1) is 5.41 Å². The van der Waals surface area contributed by atoms with Crippen molar-refractivity contribution in [1.29, 1.82) is 0 Å². The fourth-order valence-corrected chi connectivity index (χ4v) is 0.389. The van der Waals surface area contributed by atoms with E-state index < -0.39 is 31.2 Å². The molecule has 60 valence electrons. The molecule has 0 aromatic rings. The predicted molar refractivity (Wildman–Crippen MR) is 31.0 cm³/mol. The van der Waals surface area contributed by atoms with E-state index in [1.54, 1.807) is 0 Å². The van der Waals surface area contributed by atoms with Crippen molar-refractivity contribution in [1.82, 2.24) is 0 Å². The Kier molecular flexibility index (Phi) is 3.39. The fourth-order valence-electron chi connectivity index (χ4n) is 0.389. The topological polar surface area (TPSA) is 17.1 Å². The molecule has 0 heterocycles. The zero-order valence-electron chi connectivity index (χ0n) is 5.66. The number of rotatable bonds is 4. The molecular weight excluding hydrogens is 145 g/mol. The third-order valence-electron chi connectivity index (χ3n) is 1.51. The smallest absolute Gasteiger partial charge is 0.143 e. The van der Waals surface area contributed by atoms with Crippen molar-refractivity contribution in [3.63, 3.8) is 0 Å². The first-order valence-corrected chi connectivity index (χ1v) is 2.82. The van der Waals surface area contributed by atoms with Crippen molar-refractivity contribution in [3.8, 4) is 0 Å². The molecule has 0 radical (unpaired) electrons. The Morgan fingerprint density at radius 3 is 1.50 bits per heavy atom. The van der Waals surface area contributed by atoms with Gasteiger partial charge in [-0.05, 0) is 6.92 Å². The Labute approximate surface area is 57.2 Å². The lowest BCUT2D eigenvalue weighted by atomic mass is 9.89. The van der Waals surface area contributed by atoms with E-state index in [0.29, 0.717) is 0 Å². The summed E-state index contributed by atoms with van der Waals surface area (Å²) in [5.41, 5.74) is -2.01. The second-order valence-electron chi connectivity index (χ2n) is 2.24. The fraction of sp³-hybridized carbons (Fsp3) is 0.833. The summed E-state index contributed by atoms with van der Waals surface area (Å²) in [6, 6.07) is 0. The average Bonchev–Trinajstić information content (AvgIpc) is 1.92. The quantitative estimate of drug-likeness (QED) is 0.599. The van der Waals surface area contributed by atoms with Gasteiger partial charge in [0.05, 0.1) is 0 Å². The van der Waals surface area contributed by atoms with Crippen molar-refractivity contribution in [2.75, 3.05) is 20.0 Å². The number of alkyl halides is 3. The van der Waals surface area contributed by atoms with Crippen molar-refractivity contribution < 1.29 is 18.0 Å². The van der Waals surface area contributed by atoms with Crippen LogP contribution in [-0.2, 0) is 4.79 Å². The summed E-state index contributed by atoms with van der Waals surface area (Å²) in [5.74, 6) is -0.778. The number of hydrogen-bond acceptors (Lipinski definition) is 1. The van der Waals surface area contributed by atoms with Gasteiger partial charge >= 0.3 is 0 Å². The van der Waals surface area contributed by atoms with Crippen LogP contribution in [0.15, 0.2) is 0 Å². The maximum Gasteiger partial charge on any atom is 0.143 e. The van der Waals surface area contributed by atoms with Crippen LogP contribution < -0.4 is 0 Å². The van der Waals surface area contributed by atoms with Gasteiger partial charge in [-0.3, -0.25) is 4.79 Å². The van der Waals surface area contributed by atoms with E-state index in [9.17, 15) is 18.0 Å². The van der Waals surface area contributed by atoms with Gasteiger partial charge in [-0.1, -0.05) is 0 Å². The summed E-state index contributed by atoms with van der Waals surface area (Å²) in [4.78, 5) is 10.4. The third-order valence-corrected chi connectivity index (χ3v) is 1.51. The summed E-state index contributed by atoms with van der Waals surface area (Å²) in [6.07, 6.45) is 0. The van der Waals surface area contributed by atoms with Gasteiger partial charge in [0.25, 0.3) is 0 Å². The number of ketones is 1. The number of Topliss-reactive ketones (excluding diaryl/α,β-unsaturated/α-hetero) is 1. The van der Waals surface area contributed by atoms with Crippen LogP contribution in [0.1, 0.15) is 6.92 Å². The van der Waals surface area contributed by atoms with Gasteiger partial charge in [0, 0.05) is 0 Å². The number of halogens is 3. The van der Waals surface area contributed by atoms with E-state index in [1.807, 2.05) is 0 Å². The lowest BCUT2D eigenvalue weighted by Gasteiger charge is -2.19. The van der Waals surface area contributed by atoms with Gasteiger partial charge in [0.15, 0.2) is 0 Å².